The Morgan fingerprint density at radius 1 is 1.10 bits per heavy atom. The zero-order valence-corrected chi connectivity index (χ0v) is 14.5. The molecular formula is C20H30O. The Hall–Kier alpha value is -1.11. The summed E-state index contributed by atoms with van der Waals surface area (Å²) >= 11 is 0. The highest BCUT2D eigenvalue weighted by molar-refractivity contribution is 5.98. The summed E-state index contributed by atoms with van der Waals surface area (Å²) in [7, 11) is 0. The predicted molar refractivity (Wildman–Crippen MR) is 90.1 cm³/mol. The van der Waals surface area contributed by atoms with Crippen LogP contribution < -0.4 is 0 Å². The first-order chi connectivity index (χ1) is 9.69. The number of hydrogen-bond donors (Lipinski definition) is 0. The summed E-state index contributed by atoms with van der Waals surface area (Å²) in [5.41, 5.74) is 4.11. The van der Waals surface area contributed by atoms with E-state index in [0.717, 1.165) is 18.4 Å². The van der Waals surface area contributed by atoms with Gasteiger partial charge < -0.3 is 0 Å². The smallest absolute Gasteiger partial charge is 0.165 e. The third-order valence-electron chi connectivity index (χ3n) is 5.31. The third-order valence-corrected chi connectivity index (χ3v) is 5.31. The van der Waals surface area contributed by atoms with Gasteiger partial charge in [-0.1, -0.05) is 60.1 Å². The molecule has 1 aromatic rings. The number of carbonyl (C=O) groups is 1. The molecule has 0 radical (unpaired) electrons. The van der Waals surface area contributed by atoms with Crippen molar-refractivity contribution in [1.29, 1.82) is 0 Å². The highest BCUT2D eigenvalue weighted by Gasteiger charge is 2.37. The number of ketones is 1. The van der Waals surface area contributed by atoms with Crippen molar-refractivity contribution >= 4 is 5.78 Å². The van der Waals surface area contributed by atoms with Gasteiger partial charge in [-0.3, -0.25) is 4.79 Å². The lowest BCUT2D eigenvalue weighted by molar-refractivity contribution is 0.0923. The van der Waals surface area contributed by atoms with Crippen molar-refractivity contribution in [1.82, 2.24) is 0 Å². The lowest BCUT2D eigenvalue weighted by Crippen LogP contribution is -2.34. The van der Waals surface area contributed by atoms with Gasteiger partial charge in [0, 0.05) is 11.5 Å². The van der Waals surface area contributed by atoms with Crippen LogP contribution in [-0.4, -0.2) is 5.78 Å². The predicted octanol–water partition coefficient (Wildman–Crippen LogP) is 5.65. The highest BCUT2D eigenvalue weighted by atomic mass is 16.1. The number of hydrogen-bond acceptors (Lipinski definition) is 1. The van der Waals surface area contributed by atoms with Crippen LogP contribution in [0.15, 0.2) is 18.2 Å². The van der Waals surface area contributed by atoms with Gasteiger partial charge in [0.1, 0.15) is 0 Å². The largest absolute Gasteiger partial charge is 0.294 e. The molecule has 1 aliphatic carbocycles. The molecular weight excluding hydrogens is 256 g/mol. The van der Waals surface area contributed by atoms with E-state index in [1.807, 2.05) is 0 Å². The van der Waals surface area contributed by atoms with Crippen molar-refractivity contribution in [3.63, 3.8) is 0 Å². The Bertz CT molecular complexity index is 537. The maximum absolute atomic E-state index is 12.6. The molecule has 1 aliphatic rings. The average Bonchev–Trinajstić information content (AvgIpc) is 2.43. The second-order valence-electron chi connectivity index (χ2n) is 8.08. The monoisotopic (exact) mass is 286 g/mol. The maximum Gasteiger partial charge on any atom is 0.165 e. The zero-order valence-electron chi connectivity index (χ0n) is 14.5. The van der Waals surface area contributed by atoms with Crippen molar-refractivity contribution in [2.75, 3.05) is 0 Å². The molecule has 1 nitrogen and oxygen atoms in total. The van der Waals surface area contributed by atoms with Gasteiger partial charge in [-0.15, -0.1) is 0 Å². The lowest BCUT2D eigenvalue weighted by atomic mass is 9.63. The molecule has 1 heteroatoms. The standard InChI is InChI=1S/C20H30O/c1-7-8-14(2)18(21)15-9-10-16-17(13-15)20(5,6)12-11-19(16,3)4/h9-10,13-14H,7-8,11-12H2,1-6H3. The molecule has 2 rings (SSSR count). The molecule has 1 aromatic carbocycles. The van der Waals surface area contributed by atoms with E-state index < -0.39 is 0 Å². The van der Waals surface area contributed by atoms with Crippen molar-refractivity contribution < 1.29 is 4.79 Å². The Labute approximate surface area is 130 Å². The molecule has 21 heavy (non-hydrogen) atoms. The summed E-state index contributed by atoms with van der Waals surface area (Å²) in [4.78, 5) is 12.6. The van der Waals surface area contributed by atoms with Gasteiger partial charge in [0.05, 0.1) is 0 Å². The van der Waals surface area contributed by atoms with E-state index in [0.29, 0.717) is 5.78 Å². The molecule has 0 saturated carbocycles. The van der Waals surface area contributed by atoms with E-state index in [4.69, 9.17) is 0 Å². The van der Waals surface area contributed by atoms with Gasteiger partial charge in [0.2, 0.25) is 0 Å². The molecule has 0 aromatic heterocycles. The van der Waals surface area contributed by atoms with Crippen LogP contribution in [0, 0.1) is 5.92 Å². The second-order valence-corrected chi connectivity index (χ2v) is 8.08. The molecule has 0 amide bonds. The van der Waals surface area contributed by atoms with Crippen LogP contribution in [0.5, 0.6) is 0 Å². The molecule has 1 unspecified atom stereocenters. The molecule has 0 fully saturated rings. The Kier molecular flexibility index (Phi) is 4.33. The summed E-state index contributed by atoms with van der Waals surface area (Å²) in [5, 5.41) is 0. The van der Waals surface area contributed by atoms with E-state index in [1.54, 1.807) is 0 Å². The van der Waals surface area contributed by atoms with Crippen LogP contribution in [0.4, 0.5) is 0 Å². The molecule has 0 N–H and O–H groups in total. The fraction of sp³-hybridized carbons (Fsp3) is 0.650. The van der Waals surface area contributed by atoms with Crippen LogP contribution in [0.3, 0.4) is 0 Å². The van der Waals surface area contributed by atoms with Gasteiger partial charge >= 0.3 is 0 Å². The first-order valence-electron chi connectivity index (χ1n) is 8.38. The van der Waals surface area contributed by atoms with Crippen molar-refractivity contribution in [3.8, 4) is 0 Å². The topological polar surface area (TPSA) is 17.1 Å². The van der Waals surface area contributed by atoms with Crippen LogP contribution in [0.1, 0.15) is 88.7 Å². The minimum Gasteiger partial charge on any atom is -0.294 e. The number of rotatable bonds is 4. The minimum atomic E-state index is 0.132. The molecule has 0 saturated heterocycles. The second kappa shape index (κ2) is 5.59. The van der Waals surface area contributed by atoms with E-state index >= 15 is 0 Å². The zero-order chi connectivity index (χ0) is 15.8. The molecule has 0 aliphatic heterocycles. The highest BCUT2D eigenvalue weighted by Crippen LogP contribution is 2.46. The van der Waals surface area contributed by atoms with Crippen LogP contribution in [0.25, 0.3) is 0 Å². The normalized spacial score (nSPS) is 20.7. The Morgan fingerprint density at radius 3 is 2.24 bits per heavy atom. The third kappa shape index (κ3) is 3.07. The first kappa shape index (κ1) is 16.3. The van der Waals surface area contributed by atoms with Crippen molar-refractivity contribution in [2.45, 2.75) is 78.1 Å². The van der Waals surface area contributed by atoms with Crippen molar-refractivity contribution in [3.05, 3.63) is 34.9 Å². The summed E-state index contributed by atoms with van der Waals surface area (Å²) in [5.74, 6) is 0.437. The van der Waals surface area contributed by atoms with Gasteiger partial charge in [-0.05, 0) is 47.3 Å². The first-order valence-corrected chi connectivity index (χ1v) is 8.38. The fourth-order valence-corrected chi connectivity index (χ4v) is 3.59. The summed E-state index contributed by atoms with van der Waals surface area (Å²) in [6.45, 7) is 13.5. The van der Waals surface area contributed by atoms with E-state index in [1.165, 1.54) is 24.0 Å². The molecule has 0 bridgehead atoms. The van der Waals surface area contributed by atoms with E-state index in [2.05, 4.69) is 59.7 Å². The SMILES string of the molecule is CCCC(C)C(=O)c1ccc2c(c1)C(C)(C)CCC2(C)C. The van der Waals surface area contributed by atoms with Gasteiger partial charge in [-0.25, -0.2) is 0 Å². The Morgan fingerprint density at radius 2 is 1.67 bits per heavy atom. The maximum atomic E-state index is 12.6. The summed E-state index contributed by atoms with van der Waals surface area (Å²) in [6, 6.07) is 6.45. The summed E-state index contributed by atoms with van der Waals surface area (Å²) in [6.07, 6.45) is 4.45. The average molecular weight is 286 g/mol. The number of fused-ring (bicyclic) bond motifs is 1. The molecule has 0 spiro atoms. The lowest BCUT2D eigenvalue weighted by Gasteiger charge is -2.42. The molecule has 1 atom stereocenters. The van der Waals surface area contributed by atoms with E-state index in [9.17, 15) is 4.79 Å². The van der Waals surface area contributed by atoms with Gasteiger partial charge in [0.25, 0.3) is 0 Å². The quantitative estimate of drug-likeness (QED) is 0.653. The van der Waals surface area contributed by atoms with Gasteiger partial charge in [0.15, 0.2) is 5.78 Å². The number of benzene rings is 1. The van der Waals surface area contributed by atoms with E-state index in [-0.39, 0.29) is 16.7 Å². The Balaban J connectivity index is 2.44. The number of carbonyl (C=O) groups excluding carboxylic acids is 1. The van der Waals surface area contributed by atoms with Crippen LogP contribution in [0.2, 0.25) is 0 Å². The number of Topliss-reactive ketones (excluding diaryl/α,β-unsaturated/α-hetero) is 1. The van der Waals surface area contributed by atoms with Crippen molar-refractivity contribution in [2.24, 2.45) is 5.92 Å². The van der Waals surface area contributed by atoms with Crippen LogP contribution >= 0.6 is 0 Å². The molecule has 116 valence electrons. The van der Waals surface area contributed by atoms with Crippen LogP contribution in [-0.2, 0) is 10.8 Å². The minimum absolute atomic E-state index is 0.132. The molecule has 0 heterocycles. The van der Waals surface area contributed by atoms with Gasteiger partial charge in [-0.2, -0.15) is 0 Å². The fourth-order valence-electron chi connectivity index (χ4n) is 3.59. The summed E-state index contributed by atoms with van der Waals surface area (Å²) < 4.78 is 0.